The molecule has 0 bridgehead atoms. The van der Waals surface area contributed by atoms with E-state index < -0.39 is 6.61 Å². The van der Waals surface area contributed by atoms with Crippen LogP contribution in [-0.4, -0.2) is 24.0 Å². The van der Waals surface area contributed by atoms with Gasteiger partial charge in [-0.25, -0.2) is 0 Å². The van der Waals surface area contributed by atoms with Crippen molar-refractivity contribution < 1.29 is 13.5 Å². The number of nitrogens with one attached hydrogen (secondary N) is 2. The lowest BCUT2D eigenvalue weighted by atomic mass is 10.2. The third kappa shape index (κ3) is 7.70. The summed E-state index contributed by atoms with van der Waals surface area (Å²) in [6.07, 6.45) is 0. The van der Waals surface area contributed by atoms with Gasteiger partial charge in [-0.1, -0.05) is 29.8 Å². The minimum Gasteiger partial charge on any atom is -0.435 e. The fourth-order valence-corrected chi connectivity index (χ4v) is 3.04. The lowest BCUT2D eigenvalue weighted by Gasteiger charge is -2.11. The van der Waals surface area contributed by atoms with Gasteiger partial charge < -0.3 is 15.4 Å². The number of benzene rings is 2. The Hall–Kier alpha value is -1.86. The molecule has 0 spiro atoms. The van der Waals surface area contributed by atoms with Crippen LogP contribution in [-0.2, 0) is 5.75 Å². The maximum Gasteiger partial charge on any atom is 0.387 e. The van der Waals surface area contributed by atoms with E-state index in [0.717, 1.165) is 18.1 Å². The van der Waals surface area contributed by atoms with Gasteiger partial charge in [0.15, 0.2) is 5.11 Å². The van der Waals surface area contributed by atoms with Crippen molar-refractivity contribution in [3.8, 4) is 5.75 Å². The van der Waals surface area contributed by atoms with Gasteiger partial charge in [0.25, 0.3) is 0 Å². The lowest BCUT2D eigenvalue weighted by Crippen LogP contribution is -2.30. The van der Waals surface area contributed by atoms with Gasteiger partial charge in [0, 0.05) is 23.7 Å². The van der Waals surface area contributed by atoms with Gasteiger partial charge in [-0.3, -0.25) is 0 Å². The number of alkyl halides is 2. The maximum atomic E-state index is 12.1. The molecule has 25 heavy (non-hydrogen) atoms. The molecule has 2 aromatic rings. The summed E-state index contributed by atoms with van der Waals surface area (Å²) in [6, 6.07) is 14.7. The minimum atomic E-state index is -2.82. The van der Waals surface area contributed by atoms with Crippen LogP contribution in [0.4, 0.5) is 14.5 Å². The third-order valence-electron chi connectivity index (χ3n) is 3.26. The predicted octanol–water partition coefficient (Wildman–Crippen LogP) is 4.82. The van der Waals surface area contributed by atoms with Gasteiger partial charge >= 0.3 is 6.61 Å². The second-order valence-corrected chi connectivity index (χ2v) is 6.84. The number of thioether (sulfide) groups is 1. The van der Waals surface area contributed by atoms with Crippen molar-refractivity contribution in [2.24, 2.45) is 0 Å². The van der Waals surface area contributed by atoms with Crippen LogP contribution in [0.2, 0.25) is 0 Å². The fraction of sp³-hybridized carbons (Fsp3) is 0.278. The molecule has 0 radical (unpaired) electrons. The number of anilines is 1. The van der Waals surface area contributed by atoms with Crippen molar-refractivity contribution in [1.29, 1.82) is 0 Å². The van der Waals surface area contributed by atoms with E-state index in [1.165, 1.54) is 23.3 Å². The molecule has 0 aliphatic heterocycles. The van der Waals surface area contributed by atoms with Crippen LogP contribution in [0.25, 0.3) is 0 Å². The first-order valence-corrected chi connectivity index (χ1v) is 9.32. The Morgan fingerprint density at radius 1 is 1.12 bits per heavy atom. The Bertz CT molecular complexity index is 664. The van der Waals surface area contributed by atoms with Crippen molar-refractivity contribution >= 4 is 34.8 Å². The highest BCUT2D eigenvalue weighted by molar-refractivity contribution is 7.98. The molecule has 134 valence electrons. The number of rotatable bonds is 8. The van der Waals surface area contributed by atoms with Crippen molar-refractivity contribution in [1.82, 2.24) is 5.32 Å². The molecule has 0 aliphatic rings. The lowest BCUT2D eigenvalue weighted by molar-refractivity contribution is -0.0498. The highest BCUT2D eigenvalue weighted by Gasteiger charge is 2.04. The average Bonchev–Trinajstić information content (AvgIpc) is 2.57. The molecular weight excluding hydrogens is 362 g/mol. The number of hydrogen-bond acceptors (Lipinski definition) is 3. The van der Waals surface area contributed by atoms with E-state index in [4.69, 9.17) is 12.2 Å². The zero-order valence-electron chi connectivity index (χ0n) is 13.8. The zero-order valence-corrected chi connectivity index (χ0v) is 15.4. The quantitative estimate of drug-likeness (QED) is 0.505. The van der Waals surface area contributed by atoms with Crippen LogP contribution in [0.3, 0.4) is 0 Å². The van der Waals surface area contributed by atoms with Crippen LogP contribution in [0, 0.1) is 6.92 Å². The Kier molecular flexibility index (Phi) is 7.94. The van der Waals surface area contributed by atoms with Crippen LogP contribution in [0.1, 0.15) is 11.1 Å². The molecule has 0 saturated heterocycles. The number of thiocarbonyl (C=S) groups is 1. The summed E-state index contributed by atoms with van der Waals surface area (Å²) in [4.78, 5) is 0. The smallest absolute Gasteiger partial charge is 0.387 e. The van der Waals surface area contributed by atoms with Gasteiger partial charge in [-0.05, 0) is 49.0 Å². The molecule has 3 nitrogen and oxygen atoms in total. The summed E-state index contributed by atoms with van der Waals surface area (Å²) in [7, 11) is 0. The Labute approximate surface area is 156 Å². The zero-order chi connectivity index (χ0) is 18.1. The topological polar surface area (TPSA) is 33.3 Å². The highest BCUT2D eigenvalue weighted by atomic mass is 32.2. The molecular formula is C18H20F2N2OS2. The standard InChI is InChI=1S/C18H20F2N2OS2/c1-13-2-4-14(5-3-13)12-25-11-10-21-18(24)22-15-6-8-16(9-7-15)23-17(19)20/h2-9,17H,10-12H2,1H3,(H2,21,22,24). The van der Waals surface area contributed by atoms with Crippen molar-refractivity contribution in [2.75, 3.05) is 17.6 Å². The van der Waals surface area contributed by atoms with Gasteiger partial charge in [-0.2, -0.15) is 20.5 Å². The number of halogens is 2. The third-order valence-corrected chi connectivity index (χ3v) is 4.54. The van der Waals surface area contributed by atoms with Gasteiger partial charge in [0.05, 0.1) is 0 Å². The summed E-state index contributed by atoms with van der Waals surface area (Å²) < 4.78 is 28.5. The summed E-state index contributed by atoms with van der Waals surface area (Å²) in [5, 5.41) is 6.63. The molecule has 2 aromatic carbocycles. The molecule has 2 rings (SSSR count). The minimum absolute atomic E-state index is 0.118. The Morgan fingerprint density at radius 2 is 1.80 bits per heavy atom. The second-order valence-electron chi connectivity index (χ2n) is 5.32. The molecule has 0 aliphatic carbocycles. The predicted molar refractivity (Wildman–Crippen MR) is 105 cm³/mol. The number of ether oxygens (including phenoxy) is 1. The van der Waals surface area contributed by atoms with E-state index in [2.05, 4.69) is 46.6 Å². The fourth-order valence-electron chi connectivity index (χ4n) is 2.01. The van der Waals surface area contributed by atoms with E-state index in [1.54, 1.807) is 12.1 Å². The molecule has 0 fully saturated rings. The average molecular weight is 383 g/mol. The molecule has 2 N–H and O–H groups in total. The summed E-state index contributed by atoms with van der Waals surface area (Å²) in [5.74, 6) is 2.01. The number of hydrogen-bond donors (Lipinski definition) is 2. The molecule has 0 heterocycles. The van der Waals surface area contributed by atoms with Crippen molar-refractivity contribution in [3.05, 3.63) is 59.7 Å². The highest BCUT2D eigenvalue weighted by Crippen LogP contribution is 2.17. The SMILES string of the molecule is Cc1ccc(CSCCNC(=S)Nc2ccc(OC(F)F)cc2)cc1. The molecule has 0 amide bonds. The Morgan fingerprint density at radius 3 is 2.44 bits per heavy atom. The van der Waals surface area contributed by atoms with E-state index in [-0.39, 0.29) is 5.75 Å². The van der Waals surface area contributed by atoms with E-state index in [0.29, 0.717) is 10.8 Å². The van der Waals surface area contributed by atoms with Crippen LogP contribution < -0.4 is 15.4 Å². The molecule has 0 unspecified atom stereocenters. The second kappa shape index (κ2) is 10.2. The Balaban J connectivity index is 1.62. The van der Waals surface area contributed by atoms with E-state index >= 15 is 0 Å². The van der Waals surface area contributed by atoms with Crippen molar-refractivity contribution in [2.45, 2.75) is 19.3 Å². The first-order valence-electron chi connectivity index (χ1n) is 7.76. The van der Waals surface area contributed by atoms with E-state index in [9.17, 15) is 8.78 Å². The number of aryl methyl sites for hydroxylation is 1. The monoisotopic (exact) mass is 382 g/mol. The van der Waals surface area contributed by atoms with Gasteiger partial charge in [0.1, 0.15) is 5.75 Å². The van der Waals surface area contributed by atoms with E-state index in [1.807, 2.05) is 11.8 Å². The first-order chi connectivity index (χ1) is 12.0. The van der Waals surface area contributed by atoms with Crippen LogP contribution >= 0.6 is 24.0 Å². The summed E-state index contributed by atoms with van der Waals surface area (Å²) >= 11 is 7.04. The molecule has 0 atom stereocenters. The summed E-state index contributed by atoms with van der Waals surface area (Å²) in [5.41, 5.74) is 3.29. The van der Waals surface area contributed by atoms with Crippen LogP contribution in [0.5, 0.6) is 5.75 Å². The summed E-state index contributed by atoms with van der Waals surface area (Å²) in [6.45, 7) is 0.00212. The van der Waals surface area contributed by atoms with Crippen LogP contribution in [0.15, 0.2) is 48.5 Å². The molecule has 0 saturated carbocycles. The van der Waals surface area contributed by atoms with Gasteiger partial charge in [-0.15, -0.1) is 0 Å². The largest absolute Gasteiger partial charge is 0.435 e. The normalized spacial score (nSPS) is 10.6. The maximum absolute atomic E-state index is 12.1. The first kappa shape index (κ1) is 19.5. The van der Waals surface area contributed by atoms with Crippen molar-refractivity contribution in [3.63, 3.8) is 0 Å². The molecule has 0 aromatic heterocycles. The molecule has 7 heteroatoms. The van der Waals surface area contributed by atoms with Gasteiger partial charge in [0.2, 0.25) is 0 Å².